The van der Waals surface area contributed by atoms with Crippen LogP contribution in [0.5, 0.6) is 5.75 Å². The molecule has 0 aliphatic heterocycles. The minimum Gasteiger partial charge on any atom is -0.477 e. The number of benzene rings is 2. The molecule has 234 valence electrons. The summed E-state index contributed by atoms with van der Waals surface area (Å²) in [6, 6.07) is 5.22. The zero-order valence-electron chi connectivity index (χ0n) is 23.0. The monoisotopic (exact) mass is 641 g/mol. The van der Waals surface area contributed by atoms with Crippen molar-refractivity contribution in [3.63, 3.8) is 0 Å². The molecule has 2 aromatic carbocycles. The number of nitrogens with two attached hydrogens (primary N) is 1. The third kappa shape index (κ3) is 7.83. The Balaban J connectivity index is 1.79. The fraction of sp³-hybridized carbons (Fsp3) is 0.222. The average Bonchev–Trinajstić information content (AvgIpc) is 2.97. The number of carbonyl (C=O) groups excluding carboxylic acids is 4. The van der Waals surface area contributed by atoms with Gasteiger partial charge >= 0.3 is 5.97 Å². The molecule has 44 heavy (non-hydrogen) atoms. The second-order valence-electron chi connectivity index (χ2n) is 8.85. The highest BCUT2D eigenvalue weighted by atomic mass is 35.5. The van der Waals surface area contributed by atoms with Crippen molar-refractivity contribution in [2.75, 3.05) is 30.8 Å². The number of hydrazine groups is 1. The first-order valence-corrected chi connectivity index (χ1v) is 12.9. The predicted molar refractivity (Wildman–Crippen MR) is 147 cm³/mol. The van der Waals surface area contributed by atoms with Gasteiger partial charge in [0.25, 0.3) is 23.3 Å². The van der Waals surface area contributed by atoms with Crippen LogP contribution in [0.4, 0.5) is 28.9 Å². The summed E-state index contributed by atoms with van der Waals surface area (Å²) < 4.78 is 65.1. The van der Waals surface area contributed by atoms with E-state index in [-0.39, 0.29) is 34.6 Å². The minimum atomic E-state index is -1.92. The number of hydrogen-bond donors (Lipinski definition) is 3. The summed E-state index contributed by atoms with van der Waals surface area (Å²) in [6.07, 6.45) is 1.20. The van der Waals surface area contributed by atoms with Crippen molar-refractivity contribution in [1.29, 1.82) is 0 Å². The molecular formula is C27H24ClF4N5O7. The van der Waals surface area contributed by atoms with Crippen LogP contribution in [0.1, 0.15) is 30.2 Å². The maximum absolute atomic E-state index is 13.9. The summed E-state index contributed by atoms with van der Waals surface area (Å²) in [7, 11) is 0. The van der Waals surface area contributed by atoms with E-state index in [4.69, 9.17) is 22.1 Å². The first-order valence-electron chi connectivity index (χ1n) is 12.5. The van der Waals surface area contributed by atoms with E-state index in [1.807, 2.05) is 0 Å². The van der Waals surface area contributed by atoms with Gasteiger partial charge in [-0.2, -0.15) is 8.78 Å². The van der Waals surface area contributed by atoms with E-state index in [0.717, 1.165) is 4.57 Å². The lowest BCUT2D eigenvalue weighted by Gasteiger charge is -2.25. The van der Waals surface area contributed by atoms with E-state index in [1.165, 1.54) is 50.4 Å². The number of anilines is 2. The molecule has 0 aliphatic rings. The number of amides is 3. The molecule has 0 aliphatic carbocycles. The topological polar surface area (TPSA) is 162 Å². The molecule has 1 aromatic heterocycles. The van der Waals surface area contributed by atoms with Crippen LogP contribution in [0, 0.1) is 23.3 Å². The largest absolute Gasteiger partial charge is 0.477 e. The van der Waals surface area contributed by atoms with Gasteiger partial charge in [0.15, 0.2) is 24.0 Å². The Morgan fingerprint density at radius 2 is 1.73 bits per heavy atom. The predicted octanol–water partition coefficient (Wildman–Crippen LogP) is 2.96. The van der Waals surface area contributed by atoms with Gasteiger partial charge in [0.05, 0.1) is 17.3 Å². The molecule has 17 heteroatoms. The number of aromatic nitrogens is 1. The van der Waals surface area contributed by atoms with Gasteiger partial charge in [-0.25, -0.2) is 13.8 Å². The molecule has 1 atom stereocenters. The van der Waals surface area contributed by atoms with Crippen molar-refractivity contribution in [2.45, 2.75) is 19.9 Å². The van der Waals surface area contributed by atoms with Gasteiger partial charge in [-0.15, -0.1) is 0 Å². The van der Waals surface area contributed by atoms with E-state index in [2.05, 4.69) is 15.5 Å². The smallest absolute Gasteiger partial charge is 0.327 e. The molecule has 0 unspecified atom stereocenters. The number of pyridine rings is 1. The Morgan fingerprint density at radius 1 is 1.07 bits per heavy atom. The molecule has 0 fully saturated rings. The van der Waals surface area contributed by atoms with E-state index < -0.39 is 77.5 Å². The minimum absolute atomic E-state index is 0.0655. The summed E-state index contributed by atoms with van der Waals surface area (Å²) in [5.74, 6) is -13.0. The highest BCUT2D eigenvalue weighted by molar-refractivity contribution is 6.33. The van der Waals surface area contributed by atoms with Gasteiger partial charge in [0, 0.05) is 17.8 Å². The Hall–Kier alpha value is -5.12. The van der Waals surface area contributed by atoms with E-state index in [0.29, 0.717) is 5.01 Å². The molecular weight excluding hydrogens is 618 g/mol. The van der Waals surface area contributed by atoms with E-state index in [9.17, 15) is 41.5 Å². The van der Waals surface area contributed by atoms with Crippen LogP contribution in [0.2, 0.25) is 5.02 Å². The molecule has 0 saturated carbocycles. The fourth-order valence-electron chi connectivity index (χ4n) is 3.54. The van der Waals surface area contributed by atoms with Crippen LogP contribution in [0.25, 0.3) is 0 Å². The number of nitrogens with one attached hydrogen (secondary N) is 2. The first kappa shape index (κ1) is 33.4. The van der Waals surface area contributed by atoms with Gasteiger partial charge < -0.3 is 25.1 Å². The zero-order chi connectivity index (χ0) is 32.7. The maximum atomic E-state index is 13.9. The van der Waals surface area contributed by atoms with Crippen LogP contribution in [0.15, 0.2) is 47.4 Å². The second-order valence-corrected chi connectivity index (χ2v) is 9.25. The molecule has 0 bridgehead atoms. The molecule has 3 amide bonds. The zero-order valence-corrected chi connectivity index (χ0v) is 23.7. The number of halogens is 5. The van der Waals surface area contributed by atoms with Crippen LogP contribution in [0.3, 0.4) is 0 Å². The summed E-state index contributed by atoms with van der Waals surface area (Å²) in [5.41, 5.74) is 6.96. The van der Waals surface area contributed by atoms with Crippen LogP contribution < -0.4 is 26.8 Å². The van der Waals surface area contributed by atoms with Crippen molar-refractivity contribution in [2.24, 2.45) is 0 Å². The number of nitrogens with zero attached hydrogens (tertiary/aromatic N) is 2. The van der Waals surface area contributed by atoms with Crippen molar-refractivity contribution >= 4 is 46.7 Å². The van der Waals surface area contributed by atoms with Crippen LogP contribution >= 0.6 is 11.6 Å². The molecule has 3 rings (SSSR count). The Bertz CT molecular complexity index is 1640. The highest BCUT2D eigenvalue weighted by Crippen LogP contribution is 2.26. The number of hydrogen-bond acceptors (Lipinski definition) is 8. The van der Waals surface area contributed by atoms with Crippen LogP contribution in [-0.2, 0) is 19.1 Å². The normalized spacial score (nSPS) is 11.3. The third-order valence-electron chi connectivity index (χ3n) is 5.83. The Morgan fingerprint density at radius 3 is 2.34 bits per heavy atom. The van der Waals surface area contributed by atoms with Gasteiger partial charge in [-0.3, -0.25) is 29.4 Å². The van der Waals surface area contributed by atoms with Crippen LogP contribution in [-0.4, -0.2) is 53.0 Å². The molecule has 12 nitrogen and oxygen atoms in total. The van der Waals surface area contributed by atoms with Crippen molar-refractivity contribution in [1.82, 2.24) is 15.0 Å². The number of nitrogen functional groups attached to an aromatic ring is 1. The molecule has 0 spiro atoms. The number of ether oxygens (including phenoxy) is 2. The summed E-state index contributed by atoms with van der Waals surface area (Å²) in [5, 5.41) is 2.87. The van der Waals surface area contributed by atoms with Gasteiger partial charge in [-0.1, -0.05) is 11.6 Å². The van der Waals surface area contributed by atoms with Crippen molar-refractivity contribution < 1.29 is 46.2 Å². The van der Waals surface area contributed by atoms with Gasteiger partial charge in [-0.05, 0) is 44.2 Å². The summed E-state index contributed by atoms with van der Waals surface area (Å²) >= 11 is 5.94. The number of rotatable bonds is 10. The van der Waals surface area contributed by atoms with Crippen molar-refractivity contribution in [3.8, 4) is 5.75 Å². The van der Waals surface area contributed by atoms with E-state index >= 15 is 0 Å². The lowest BCUT2D eigenvalue weighted by molar-refractivity contribution is -0.154. The maximum Gasteiger partial charge on any atom is 0.327 e. The fourth-order valence-corrected chi connectivity index (χ4v) is 3.72. The molecule has 0 saturated heterocycles. The van der Waals surface area contributed by atoms with E-state index in [1.54, 1.807) is 0 Å². The SMILES string of the molecule is CCOC(=O)CN(NC(=O)[C@H](C)n1cccc(NC(=O)c2ccc(N)c(Cl)c2)c1=O)C(=O)COc1c(F)c(F)cc(F)c1F. The number of carbonyl (C=O) groups is 4. The molecule has 3 aromatic rings. The lowest BCUT2D eigenvalue weighted by atomic mass is 10.2. The number of esters is 1. The molecule has 0 radical (unpaired) electrons. The standard InChI is InChI=1S/C27H24ClF4N5O7/c1-3-43-21(39)11-37(20(38)12-44-24-22(31)16(29)10-17(30)23(24)32)35-25(40)13(2)36-8-4-5-19(27(36)42)34-26(41)14-6-7-18(33)15(28)9-14/h4-10,13H,3,11-12,33H2,1-2H3,(H,34,41)(H,35,40)/t13-/m0/s1. The summed E-state index contributed by atoms with van der Waals surface area (Å²) in [4.78, 5) is 63.6. The Labute approximate surface area is 251 Å². The first-order chi connectivity index (χ1) is 20.7. The van der Waals surface area contributed by atoms with Gasteiger partial charge in [0.2, 0.25) is 11.6 Å². The molecule has 4 N–H and O–H groups in total. The highest BCUT2D eigenvalue weighted by Gasteiger charge is 2.27. The third-order valence-corrected chi connectivity index (χ3v) is 6.16. The average molecular weight is 642 g/mol. The Kier molecular flexibility index (Phi) is 10.9. The lowest BCUT2D eigenvalue weighted by Crippen LogP contribution is -2.52. The quantitative estimate of drug-likeness (QED) is 0.100. The molecule has 1 heterocycles. The van der Waals surface area contributed by atoms with Gasteiger partial charge in [0.1, 0.15) is 18.3 Å². The second kappa shape index (κ2) is 14.4. The van der Waals surface area contributed by atoms with Crippen molar-refractivity contribution in [3.05, 3.63) is 86.8 Å². The summed E-state index contributed by atoms with van der Waals surface area (Å²) in [6.45, 7) is 0.370.